The van der Waals surface area contributed by atoms with E-state index in [4.69, 9.17) is 0 Å². The van der Waals surface area contributed by atoms with Crippen LogP contribution in [-0.4, -0.2) is 11.4 Å². The van der Waals surface area contributed by atoms with E-state index in [1.165, 1.54) is 6.42 Å². The summed E-state index contributed by atoms with van der Waals surface area (Å²) in [6.45, 7) is 1.90. The lowest BCUT2D eigenvalue weighted by atomic mass is 9.84. The van der Waals surface area contributed by atoms with Crippen LogP contribution >= 0.6 is 0 Å². The molecule has 1 amide bonds. The Morgan fingerprint density at radius 1 is 1.14 bits per heavy atom. The first-order valence-electron chi connectivity index (χ1n) is 7.95. The molecule has 1 aliphatic rings. The van der Waals surface area contributed by atoms with Crippen LogP contribution < -0.4 is 5.32 Å². The van der Waals surface area contributed by atoms with Gasteiger partial charge in [-0.15, -0.1) is 0 Å². The van der Waals surface area contributed by atoms with Gasteiger partial charge in [0, 0.05) is 0 Å². The number of hydrogen-bond donors (Lipinski definition) is 1. The summed E-state index contributed by atoms with van der Waals surface area (Å²) in [4.78, 5) is 12.5. The van der Waals surface area contributed by atoms with E-state index in [0.29, 0.717) is 0 Å². The number of benzene rings is 1. The lowest BCUT2D eigenvalue weighted by molar-refractivity contribution is -0.123. The molecule has 0 radical (unpaired) electrons. The summed E-state index contributed by atoms with van der Waals surface area (Å²) in [5, 5.41) is 12.6. The highest BCUT2D eigenvalue weighted by atomic mass is 16.2. The molecule has 0 aromatic heterocycles. The minimum Gasteiger partial charge on any atom is -0.337 e. The van der Waals surface area contributed by atoms with Gasteiger partial charge in [-0.2, -0.15) is 5.26 Å². The first-order chi connectivity index (χ1) is 10.2. The molecule has 1 aromatic carbocycles. The summed E-state index contributed by atoms with van der Waals surface area (Å²) in [7, 11) is 0. The van der Waals surface area contributed by atoms with Crippen molar-refractivity contribution >= 4 is 5.91 Å². The van der Waals surface area contributed by atoms with Crippen molar-refractivity contribution in [3.63, 3.8) is 0 Å². The molecule has 1 unspecified atom stereocenters. The van der Waals surface area contributed by atoms with E-state index in [9.17, 15) is 10.1 Å². The highest BCUT2D eigenvalue weighted by Gasteiger charge is 2.33. The van der Waals surface area contributed by atoms with Gasteiger partial charge in [0.2, 0.25) is 5.91 Å². The molecule has 3 heteroatoms. The Bertz CT molecular complexity index is 496. The molecular formula is C18H24N2O. The van der Waals surface area contributed by atoms with E-state index < -0.39 is 5.54 Å². The van der Waals surface area contributed by atoms with Gasteiger partial charge in [-0.05, 0) is 25.3 Å². The van der Waals surface area contributed by atoms with E-state index >= 15 is 0 Å². The van der Waals surface area contributed by atoms with Gasteiger partial charge in [0.05, 0.1) is 12.0 Å². The van der Waals surface area contributed by atoms with Crippen LogP contribution in [0.15, 0.2) is 30.3 Å². The topological polar surface area (TPSA) is 52.9 Å². The minimum atomic E-state index is -0.666. The van der Waals surface area contributed by atoms with Crippen LogP contribution in [0.5, 0.6) is 0 Å². The van der Waals surface area contributed by atoms with E-state index in [-0.39, 0.29) is 11.8 Å². The third-order valence-electron chi connectivity index (χ3n) is 4.48. The van der Waals surface area contributed by atoms with Gasteiger partial charge in [-0.1, -0.05) is 62.4 Å². The Labute approximate surface area is 127 Å². The van der Waals surface area contributed by atoms with Crippen molar-refractivity contribution in [2.75, 3.05) is 0 Å². The summed E-state index contributed by atoms with van der Waals surface area (Å²) >= 11 is 0. The fraction of sp³-hybridized carbons (Fsp3) is 0.556. The summed E-state index contributed by atoms with van der Waals surface area (Å²) < 4.78 is 0. The maximum Gasteiger partial charge on any atom is 0.228 e. The average molecular weight is 284 g/mol. The monoisotopic (exact) mass is 284 g/mol. The normalized spacial score (nSPS) is 19.6. The molecular weight excluding hydrogens is 260 g/mol. The number of carbonyl (C=O) groups is 1. The fourth-order valence-electron chi connectivity index (χ4n) is 3.01. The van der Waals surface area contributed by atoms with Crippen LogP contribution in [0.2, 0.25) is 0 Å². The molecule has 3 nitrogen and oxygen atoms in total. The first kappa shape index (κ1) is 15.6. The maximum absolute atomic E-state index is 12.5. The van der Waals surface area contributed by atoms with Crippen LogP contribution in [0, 0.1) is 11.3 Å². The zero-order valence-electron chi connectivity index (χ0n) is 12.8. The lowest BCUT2D eigenvalue weighted by Gasteiger charge is -2.31. The van der Waals surface area contributed by atoms with E-state index in [0.717, 1.165) is 44.1 Å². The number of nitriles is 1. The van der Waals surface area contributed by atoms with Crippen molar-refractivity contribution in [3.05, 3.63) is 35.9 Å². The number of nitrogens with one attached hydrogen (secondary N) is 1. The van der Waals surface area contributed by atoms with E-state index in [1.807, 2.05) is 37.3 Å². The molecule has 0 spiro atoms. The first-order valence-corrected chi connectivity index (χ1v) is 7.95. The Morgan fingerprint density at radius 3 is 2.29 bits per heavy atom. The van der Waals surface area contributed by atoms with Gasteiger partial charge >= 0.3 is 0 Å². The van der Waals surface area contributed by atoms with Crippen molar-refractivity contribution < 1.29 is 4.79 Å². The van der Waals surface area contributed by atoms with E-state index in [1.54, 1.807) is 0 Å². The summed E-state index contributed by atoms with van der Waals surface area (Å²) in [5.74, 6) is -0.259. The van der Waals surface area contributed by atoms with Crippen molar-refractivity contribution in [1.29, 1.82) is 5.26 Å². The molecule has 112 valence electrons. The van der Waals surface area contributed by atoms with Crippen LogP contribution in [0.25, 0.3) is 0 Å². The number of hydrogen-bond acceptors (Lipinski definition) is 2. The van der Waals surface area contributed by atoms with E-state index in [2.05, 4.69) is 11.4 Å². The highest BCUT2D eigenvalue weighted by molar-refractivity contribution is 5.84. The summed E-state index contributed by atoms with van der Waals surface area (Å²) in [6.07, 6.45) is 7.16. The maximum atomic E-state index is 12.5. The zero-order valence-corrected chi connectivity index (χ0v) is 12.8. The molecule has 1 fully saturated rings. The predicted molar refractivity (Wildman–Crippen MR) is 83.7 cm³/mol. The predicted octanol–water partition coefficient (Wildman–Crippen LogP) is 3.91. The fourth-order valence-corrected chi connectivity index (χ4v) is 3.01. The molecule has 2 rings (SSSR count). The van der Waals surface area contributed by atoms with Crippen LogP contribution in [0.3, 0.4) is 0 Å². The third-order valence-corrected chi connectivity index (χ3v) is 4.48. The number of amides is 1. The SMILES string of the molecule is CC(C(=O)NC1(C#N)CCCCCCC1)c1ccccc1. The lowest BCUT2D eigenvalue weighted by Crippen LogP contribution is -2.49. The average Bonchev–Trinajstić information content (AvgIpc) is 2.50. The van der Waals surface area contributed by atoms with Gasteiger partial charge in [0.15, 0.2) is 0 Å². The van der Waals surface area contributed by atoms with Crippen LogP contribution in [-0.2, 0) is 4.79 Å². The summed E-state index contributed by atoms with van der Waals surface area (Å²) in [6, 6.07) is 12.1. The molecule has 0 saturated heterocycles. The van der Waals surface area contributed by atoms with Crippen molar-refractivity contribution in [2.45, 2.75) is 63.3 Å². The van der Waals surface area contributed by atoms with Gasteiger partial charge in [-0.3, -0.25) is 4.79 Å². The molecule has 0 bridgehead atoms. The largest absolute Gasteiger partial charge is 0.337 e. The molecule has 0 aliphatic heterocycles. The molecule has 1 aromatic rings. The Hall–Kier alpha value is -1.82. The molecule has 1 atom stereocenters. The van der Waals surface area contributed by atoms with Crippen molar-refractivity contribution in [2.24, 2.45) is 0 Å². The molecule has 1 saturated carbocycles. The molecule has 1 N–H and O–H groups in total. The zero-order chi connectivity index (χ0) is 15.1. The standard InChI is InChI=1S/C18H24N2O/c1-15(16-10-6-5-7-11-16)17(21)20-18(14-19)12-8-3-2-4-9-13-18/h5-7,10-11,15H,2-4,8-9,12-13H2,1H3,(H,20,21). The van der Waals surface area contributed by atoms with Gasteiger partial charge < -0.3 is 5.32 Å². The molecule has 21 heavy (non-hydrogen) atoms. The van der Waals surface area contributed by atoms with Gasteiger partial charge in [0.1, 0.15) is 5.54 Å². The Morgan fingerprint density at radius 2 is 1.71 bits per heavy atom. The quantitative estimate of drug-likeness (QED) is 0.914. The highest BCUT2D eigenvalue weighted by Crippen LogP contribution is 2.27. The third kappa shape index (κ3) is 4.07. The smallest absolute Gasteiger partial charge is 0.228 e. The number of rotatable bonds is 3. The second kappa shape index (κ2) is 7.26. The minimum absolute atomic E-state index is 0.0386. The van der Waals surface area contributed by atoms with Crippen molar-refractivity contribution in [1.82, 2.24) is 5.32 Å². The Kier molecular flexibility index (Phi) is 5.38. The molecule has 0 heterocycles. The summed E-state index contributed by atoms with van der Waals surface area (Å²) in [5.41, 5.74) is 0.328. The molecule has 1 aliphatic carbocycles. The van der Waals surface area contributed by atoms with Gasteiger partial charge in [-0.25, -0.2) is 0 Å². The van der Waals surface area contributed by atoms with Crippen molar-refractivity contribution in [3.8, 4) is 6.07 Å². The second-order valence-electron chi connectivity index (χ2n) is 6.08. The van der Waals surface area contributed by atoms with Gasteiger partial charge in [0.25, 0.3) is 0 Å². The van der Waals surface area contributed by atoms with Crippen LogP contribution in [0.1, 0.15) is 63.4 Å². The van der Waals surface area contributed by atoms with Crippen LogP contribution in [0.4, 0.5) is 0 Å². The second-order valence-corrected chi connectivity index (χ2v) is 6.08. The number of nitrogens with zero attached hydrogens (tertiary/aromatic N) is 1. The number of carbonyl (C=O) groups excluding carboxylic acids is 1. The Balaban J connectivity index is 2.06.